The normalized spacial score (nSPS) is 11.2. The van der Waals surface area contributed by atoms with Crippen molar-refractivity contribution in [1.82, 2.24) is 4.57 Å². The molecule has 4 rings (SSSR count). The molecule has 3 aromatic carbocycles. The molecule has 114 valence electrons. The summed E-state index contributed by atoms with van der Waals surface area (Å²) in [5, 5.41) is 12.2. The number of aromatic hydroxyl groups is 1. The highest BCUT2D eigenvalue weighted by Gasteiger charge is 2.14. The maximum Gasteiger partial charge on any atom is 0.125 e. The van der Waals surface area contributed by atoms with Crippen LogP contribution in [-0.2, 0) is 6.54 Å². The van der Waals surface area contributed by atoms with Gasteiger partial charge in [-0.3, -0.25) is 0 Å². The number of hydrogen-bond acceptors (Lipinski definition) is 2. The van der Waals surface area contributed by atoms with Crippen LogP contribution in [0.1, 0.15) is 5.56 Å². The Bertz CT molecular complexity index is 987. The Hall–Kier alpha value is -2.94. The third kappa shape index (κ3) is 2.21. The van der Waals surface area contributed by atoms with Crippen molar-refractivity contribution in [2.75, 3.05) is 7.11 Å². The average Bonchev–Trinajstić information content (AvgIpc) is 2.90. The Kier molecular flexibility index (Phi) is 3.19. The van der Waals surface area contributed by atoms with Crippen molar-refractivity contribution in [2.45, 2.75) is 6.54 Å². The molecule has 0 spiro atoms. The zero-order valence-electron chi connectivity index (χ0n) is 12.9. The van der Waals surface area contributed by atoms with E-state index in [1.54, 1.807) is 13.2 Å². The molecule has 0 amide bonds. The van der Waals surface area contributed by atoms with E-state index in [9.17, 15) is 5.11 Å². The summed E-state index contributed by atoms with van der Waals surface area (Å²) < 4.78 is 7.58. The maximum atomic E-state index is 10.4. The summed E-state index contributed by atoms with van der Waals surface area (Å²) in [6.45, 7) is 0.761. The summed E-state index contributed by atoms with van der Waals surface area (Å²) in [7, 11) is 1.66. The molecule has 0 aliphatic carbocycles. The molecule has 1 N–H and O–H groups in total. The number of rotatable bonds is 3. The molecule has 0 fully saturated rings. The number of aromatic nitrogens is 1. The Morgan fingerprint density at radius 3 is 2.52 bits per heavy atom. The van der Waals surface area contributed by atoms with Crippen LogP contribution in [0.5, 0.6) is 11.5 Å². The lowest BCUT2D eigenvalue weighted by atomic mass is 10.1. The number of phenols is 1. The standard InChI is InChI=1S/C20H17NO2/c1-23-15-10-11-17-16(12-15)20-18(8-5-9-19(20)22)21(17)13-14-6-3-2-4-7-14/h2-12,22H,13H2,1H3. The van der Waals surface area contributed by atoms with Gasteiger partial charge in [-0.2, -0.15) is 0 Å². The molecule has 23 heavy (non-hydrogen) atoms. The number of fused-ring (bicyclic) bond motifs is 3. The SMILES string of the molecule is COc1ccc2c(c1)c1c(O)cccc1n2Cc1ccccc1. The number of benzene rings is 3. The van der Waals surface area contributed by atoms with Gasteiger partial charge in [-0.1, -0.05) is 36.4 Å². The summed E-state index contributed by atoms with van der Waals surface area (Å²) in [5.74, 6) is 1.09. The predicted molar refractivity (Wildman–Crippen MR) is 93.2 cm³/mol. The first-order valence-electron chi connectivity index (χ1n) is 7.60. The number of hydrogen-bond donors (Lipinski definition) is 1. The fourth-order valence-corrected chi connectivity index (χ4v) is 3.17. The third-order valence-corrected chi connectivity index (χ3v) is 4.26. The van der Waals surface area contributed by atoms with Gasteiger partial charge in [-0.25, -0.2) is 0 Å². The highest BCUT2D eigenvalue weighted by molar-refractivity contribution is 6.11. The highest BCUT2D eigenvalue weighted by Crippen LogP contribution is 2.37. The highest BCUT2D eigenvalue weighted by atomic mass is 16.5. The molecule has 0 aliphatic rings. The number of ether oxygens (including phenoxy) is 1. The summed E-state index contributed by atoms with van der Waals surface area (Å²) in [5.41, 5.74) is 3.34. The number of nitrogens with zero attached hydrogens (tertiary/aromatic N) is 1. The van der Waals surface area contributed by atoms with Gasteiger partial charge in [0.1, 0.15) is 11.5 Å². The second-order valence-corrected chi connectivity index (χ2v) is 5.63. The monoisotopic (exact) mass is 303 g/mol. The molecule has 0 unspecified atom stereocenters. The second-order valence-electron chi connectivity index (χ2n) is 5.63. The molecule has 0 saturated carbocycles. The minimum absolute atomic E-state index is 0.299. The van der Waals surface area contributed by atoms with Crippen LogP contribution in [0.3, 0.4) is 0 Å². The Balaban J connectivity index is 2.03. The molecule has 3 nitrogen and oxygen atoms in total. The molecule has 3 heteroatoms. The van der Waals surface area contributed by atoms with Crippen molar-refractivity contribution in [3.8, 4) is 11.5 Å². The van der Waals surface area contributed by atoms with Crippen LogP contribution in [0.2, 0.25) is 0 Å². The Morgan fingerprint density at radius 2 is 1.74 bits per heavy atom. The van der Waals surface area contributed by atoms with Crippen molar-refractivity contribution in [3.05, 3.63) is 72.3 Å². The molecular weight excluding hydrogens is 286 g/mol. The summed E-state index contributed by atoms with van der Waals surface area (Å²) >= 11 is 0. The van der Waals surface area contributed by atoms with Crippen LogP contribution in [0.25, 0.3) is 21.8 Å². The molecule has 0 bridgehead atoms. The van der Waals surface area contributed by atoms with Crippen molar-refractivity contribution in [1.29, 1.82) is 0 Å². The van der Waals surface area contributed by atoms with Crippen molar-refractivity contribution < 1.29 is 9.84 Å². The molecule has 0 radical (unpaired) electrons. The van der Waals surface area contributed by atoms with Gasteiger partial charge in [0.15, 0.2) is 0 Å². The molecule has 1 aromatic heterocycles. The smallest absolute Gasteiger partial charge is 0.125 e. The maximum absolute atomic E-state index is 10.4. The van der Waals surface area contributed by atoms with E-state index in [0.717, 1.165) is 34.1 Å². The van der Waals surface area contributed by atoms with Gasteiger partial charge in [0, 0.05) is 22.8 Å². The molecule has 0 aliphatic heterocycles. The van der Waals surface area contributed by atoms with E-state index in [-0.39, 0.29) is 0 Å². The summed E-state index contributed by atoms with van der Waals surface area (Å²) in [4.78, 5) is 0. The third-order valence-electron chi connectivity index (χ3n) is 4.26. The molecule has 4 aromatic rings. The number of methoxy groups -OCH3 is 1. The fraction of sp³-hybridized carbons (Fsp3) is 0.100. The lowest BCUT2D eigenvalue weighted by Gasteiger charge is -2.08. The second kappa shape index (κ2) is 5.36. The van der Waals surface area contributed by atoms with Crippen molar-refractivity contribution in [3.63, 3.8) is 0 Å². The van der Waals surface area contributed by atoms with E-state index in [4.69, 9.17) is 4.74 Å². The van der Waals surface area contributed by atoms with Crippen LogP contribution in [0, 0.1) is 0 Å². The topological polar surface area (TPSA) is 34.4 Å². The summed E-state index contributed by atoms with van der Waals surface area (Å²) in [6, 6.07) is 22.0. The zero-order valence-corrected chi connectivity index (χ0v) is 12.9. The van der Waals surface area contributed by atoms with Crippen molar-refractivity contribution in [2.24, 2.45) is 0 Å². The fourth-order valence-electron chi connectivity index (χ4n) is 3.17. The Labute approximate surface area is 134 Å². The van der Waals surface area contributed by atoms with Gasteiger partial charge >= 0.3 is 0 Å². The lowest BCUT2D eigenvalue weighted by molar-refractivity contribution is 0.415. The quantitative estimate of drug-likeness (QED) is 0.602. The van der Waals surface area contributed by atoms with E-state index in [0.29, 0.717) is 5.75 Å². The molecule has 0 atom stereocenters. The first kappa shape index (κ1) is 13.7. The first-order chi connectivity index (χ1) is 11.3. The van der Waals surface area contributed by atoms with Crippen LogP contribution in [0.4, 0.5) is 0 Å². The van der Waals surface area contributed by atoms with Crippen molar-refractivity contribution >= 4 is 21.8 Å². The molecule has 1 heterocycles. The number of phenolic OH excluding ortho intramolecular Hbond substituents is 1. The molecular formula is C20H17NO2. The van der Waals surface area contributed by atoms with Gasteiger partial charge in [-0.05, 0) is 35.9 Å². The lowest BCUT2D eigenvalue weighted by Crippen LogP contribution is -1.98. The average molecular weight is 303 g/mol. The minimum atomic E-state index is 0.299. The van der Waals surface area contributed by atoms with Gasteiger partial charge < -0.3 is 14.4 Å². The van der Waals surface area contributed by atoms with Crippen LogP contribution >= 0.6 is 0 Å². The van der Waals surface area contributed by atoms with Crippen LogP contribution in [-0.4, -0.2) is 16.8 Å². The predicted octanol–water partition coefficient (Wildman–Crippen LogP) is 4.56. The summed E-state index contributed by atoms with van der Waals surface area (Å²) in [6.07, 6.45) is 0. The van der Waals surface area contributed by atoms with E-state index >= 15 is 0 Å². The van der Waals surface area contributed by atoms with E-state index in [2.05, 4.69) is 22.8 Å². The van der Waals surface area contributed by atoms with Gasteiger partial charge in [0.25, 0.3) is 0 Å². The van der Waals surface area contributed by atoms with Gasteiger partial charge in [0.2, 0.25) is 0 Å². The van der Waals surface area contributed by atoms with Gasteiger partial charge in [0.05, 0.1) is 12.6 Å². The zero-order chi connectivity index (χ0) is 15.8. The van der Waals surface area contributed by atoms with Crippen LogP contribution < -0.4 is 4.74 Å². The van der Waals surface area contributed by atoms with E-state index < -0.39 is 0 Å². The van der Waals surface area contributed by atoms with E-state index in [1.807, 2.05) is 42.5 Å². The Morgan fingerprint density at radius 1 is 0.913 bits per heavy atom. The largest absolute Gasteiger partial charge is 0.507 e. The van der Waals surface area contributed by atoms with Gasteiger partial charge in [-0.15, -0.1) is 0 Å². The van der Waals surface area contributed by atoms with E-state index in [1.165, 1.54) is 5.56 Å². The minimum Gasteiger partial charge on any atom is -0.507 e. The molecule has 0 saturated heterocycles. The first-order valence-corrected chi connectivity index (χ1v) is 7.60. The van der Waals surface area contributed by atoms with Crippen LogP contribution in [0.15, 0.2) is 66.7 Å².